The van der Waals surface area contributed by atoms with Crippen molar-refractivity contribution in [2.24, 2.45) is 0 Å². The summed E-state index contributed by atoms with van der Waals surface area (Å²) in [7, 11) is 0. The van der Waals surface area contributed by atoms with Crippen LogP contribution in [-0.2, 0) is 0 Å². The Bertz CT molecular complexity index is 1190. The highest BCUT2D eigenvalue weighted by Crippen LogP contribution is 2.33. The second-order valence-electron chi connectivity index (χ2n) is 7.05. The molecule has 0 radical (unpaired) electrons. The first-order chi connectivity index (χ1) is 14.2. The largest absolute Gasteiger partial charge is 0.382 e. The summed E-state index contributed by atoms with van der Waals surface area (Å²) in [6, 6.07) is 10.7. The van der Waals surface area contributed by atoms with Gasteiger partial charge in [0, 0.05) is 34.9 Å². The molecule has 8 heteroatoms. The number of aromatic amines is 1. The van der Waals surface area contributed by atoms with Gasteiger partial charge in [-0.15, -0.1) is 0 Å². The van der Waals surface area contributed by atoms with E-state index in [9.17, 15) is 4.39 Å². The number of pyridine rings is 2. The molecule has 3 N–H and O–H groups in total. The zero-order chi connectivity index (χ0) is 19.8. The van der Waals surface area contributed by atoms with Gasteiger partial charge in [-0.25, -0.2) is 9.37 Å². The Hall–Kier alpha value is -3.03. The molecular weight excluding hydrogens is 391 g/mol. The quantitative estimate of drug-likeness (QED) is 0.460. The van der Waals surface area contributed by atoms with Crippen molar-refractivity contribution < 1.29 is 4.39 Å². The lowest BCUT2D eigenvalue weighted by atomic mass is 10.0. The summed E-state index contributed by atoms with van der Waals surface area (Å²) in [4.78, 5) is 9.23. The Morgan fingerprint density at radius 1 is 1.14 bits per heavy atom. The van der Waals surface area contributed by atoms with E-state index in [1.165, 1.54) is 18.6 Å². The third kappa shape index (κ3) is 3.54. The van der Waals surface area contributed by atoms with E-state index >= 15 is 0 Å². The van der Waals surface area contributed by atoms with Crippen molar-refractivity contribution in [3.63, 3.8) is 0 Å². The van der Waals surface area contributed by atoms with Gasteiger partial charge in [0.1, 0.15) is 11.5 Å². The average molecular weight is 409 g/mol. The summed E-state index contributed by atoms with van der Waals surface area (Å²) in [6.45, 7) is 1.93. The van der Waals surface area contributed by atoms with Crippen molar-refractivity contribution in [1.29, 1.82) is 0 Å². The number of benzene rings is 1. The minimum absolute atomic E-state index is 0.331. The number of nitrogens with zero attached hydrogens (tertiary/aromatic N) is 3. The predicted octanol–water partition coefficient (Wildman–Crippen LogP) is 4.25. The molecule has 0 spiro atoms. The maximum atomic E-state index is 14.4. The van der Waals surface area contributed by atoms with Crippen LogP contribution >= 0.6 is 11.6 Å². The third-order valence-electron chi connectivity index (χ3n) is 5.12. The van der Waals surface area contributed by atoms with Crippen LogP contribution in [0.25, 0.3) is 33.5 Å². The molecule has 146 valence electrons. The third-order valence-corrected chi connectivity index (χ3v) is 5.35. The van der Waals surface area contributed by atoms with Gasteiger partial charge >= 0.3 is 0 Å². The number of nitrogens with one attached hydrogen (secondary N) is 3. The lowest BCUT2D eigenvalue weighted by Gasteiger charge is -2.28. The van der Waals surface area contributed by atoms with Crippen LogP contribution in [0.1, 0.15) is 6.42 Å². The normalized spacial score (nSPS) is 16.0. The van der Waals surface area contributed by atoms with E-state index in [1.807, 2.05) is 24.4 Å². The molecule has 5 rings (SSSR count). The number of aromatic nitrogens is 4. The molecule has 1 aliphatic heterocycles. The van der Waals surface area contributed by atoms with E-state index in [4.69, 9.17) is 16.6 Å². The van der Waals surface area contributed by atoms with E-state index in [1.54, 1.807) is 12.3 Å². The lowest BCUT2D eigenvalue weighted by Crippen LogP contribution is -2.47. The summed E-state index contributed by atoms with van der Waals surface area (Å²) < 4.78 is 14.4. The highest BCUT2D eigenvalue weighted by atomic mass is 35.5. The second kappa shape index (κ2) is 7.42. The van der Waals surface area contributed by atoms with Gasteiger partial charge in [0.25, 0.3) is 0 Å². The summed E-state index contributed by atoms with van der Waals surface area (Å²) in [5.74, 6) is -0.388. The van der Waals surface area contributed by atoms with Gasteiger partial charge < -0.3 is 10.6 Å². The highest BCUT2D eigenvalue weighted by molar-refractivity contribution is 6.30. The Kier molecular flexibility index (Phi) is 4.61. The number of H-pyrrole nitrogens is 1. The number of anilines is 1. The molecule has 1 aliphatic rings. The molecule has 0 amide bonds. The fraction of sp³-hybridized carbons (Fsp3) is 0.190. The van der Waals surface area contributed by atoms with Crippen LogP contribution < -0.4 is 10.6 Å². The van der Waals surface area contributed by atoms with Crippen LogP contribution in [0.5, 0.6) is 0 Å². The van der Waals surface area contributed by atoms with Crippen molar-refractivity contribution in [2.45, 2.75) is 12.5 Å². The summed E-state index contributed by atoms with van der Waals surface area (Å²) in [6.07, 6.45) is 4.70. The zero-order valence-electron chi connectivity index (χ0n) is 15.4. The number of hydrogen-bond donors (Lipinski definition) is 3. The first kappa shape index (κ1) is 18.0. The van der Waals surface area contributed by atoms with Gasteiger partial charge in [-0.2, -0.15) is 5.10 Å². The van der Waals surface area contributed by atoms with Crippen LogP contribution in [0.2, 0.25) is 5.02 Å². The van der Waals surface area contributed by atoms with Crippen molar-refractivity contribution in [3.05, 3.63) is 59.6 Å². The summed E-state index contributed by atoms with van der Waals surface area (Å²) >= 11 is 6.05. The smallest absolute Gasteiger partial charge is 0.132 e. The summed E-state index contributed by atoms with van der Waals surface area (Å²) in [5.41, 5.74) is 4.65. The maximum Gasteiger partial charge on any atom is 0.132 e. The van der Waals surface area contributed by atoms with Gasteiger partial charge in [-0.1, -0.05) is 11.6 Å². The van der Waals surface area contributed by atoms with Gasteiger partial charge in [-0.05, 0) is 49.4 Å². The second-order valence-corrected chi connectivity index (χ2v) is 7.49. The van der Waals surface area contributed by atoms with Crippen LogP contribution in [0.3, 0.4) is 0 Å². The summed E-state index contributed by atoms with van der Waals surface area (Å²) in [5, 5.41) is 14.2. The highest BCUT2D eigenvalue weighted by Gasteiger charge is 2.17. The molecule has 1 saturated heterocycles. The van der Waals surface area contributed by atoms with E-state index in [0.29, 0.717) is 33.6 Å². The molecule has 1 unspecified atom stereocenters. The number of halogens is 2. The SMILES string of the molecule is Fc1ccc(Cl)cc1-c1n[nH]cc1-c1ccc2ncc(NCC3CCN3)cc2n1. The maximum absolute atomic E-state index is 14.4. The fourth-order valence-corrected chi connectivity index (χ4v) is 3.56. The van der Waals surface area contributed by atoms with Crippen molar-refractivity contribution in [3.8, 4) is 22.5 Å². The van der Waals surface area contributed by atoms with Crippen LogP contribution in [-0.4, -0.2) is 39.3 Å². The Morgan fingerprint density at radius 3 is 2.86 bits per heavy atom. The molecule has 0 bridgehead atoms. The minimum Gasteiger partial charge on any atom is -0.382 e. The van der Waals surface area contributed by atoms with Gasteiger partial charge in [0.2, 0.25) is 0 Å². The standard InChI is InChI=1S/C21H18ClFN6/c22-12-1-2-17(23)15(7-12)21-16(11-27-29-21)18-3-4-19-20(28-18)8-14(10-26-19)25-9-13-5-6-24-13/h1-4,7-8,10-11,13,24-25H,5-6,9H2,(H,27,29). The molecule has 1 aromatic carbocycles. The molecule has 3 aromatic heterocycles. The van der Waals surface area contributed by atoms with Gasteiger partial charge in [0.05, 0.1) is 28.6 Å². The zero-order valence-corrected chi connectivity index (χ0v) is 16.2. The van der Waals surface area contributed by atoms with Crippen molar-refractivity contribution >= 4 is 28.3 Å². The Labute approximate surface area is 171 Å². The number of rotatable bonds is 5. The molecule has 6 nitrogen and oxygen atoms in total. The molecular formula is C21H18ClFN6. The molecule has 4 aromatic rings. The van der Waals surface area contributed by atoms with Crippen LogP contribution in [0.15, 0.2) is 48.8 Å². The average Bonchev–Trinajstić information content (AvgIpc) is 3.17. The monoisotopic (exact) mass is 408 g/mol. The molecule has 1 fully saturated rings. The van der Waals surface area contributed by atoms with Crippen LogP contribution in [0, 0.1) is 5.82 Å². The molecule has 0 saturated carbocycles. The van der Waals surface area contributed by atoms with Gasteiger partial charge in [-0.3, -0.25) is 10.1 Å². The lowest BCUT2D eigenvalue weighted by molar-refractivity contribution is 0.387. The first-order valence-electron chi connectivity index (χ1n) is 9.41. The Morgan fingerprint density at radius 2 is 2.03 bits per heavy atom. The minimum atomic E-state index is -0.388. The van der Waals surface area contributed by atoms with Crippen molar-refractivity contribution in [2.75, 3.05) is 18.4 Å². The molecule has 1 atom stereocenters. The van der Waals surface area contributed by atoms with E-state index in [2.05, 4.69) is 25.8 Å². The van der Waals surface area contributed by atoms with E-state index in [0.717, 1.165) is 29.8 Å². The van der Waals surface area contributed by atoms with E-state index in [-0.39, 0.29) is 5.82 Å². The predicted molar refractivity (Wildman–Crippen MR) is 112 cm³/mol. The topological polar surface area (TPSA) is 78.5 Å². The number of fused-ring (bicyclic) bond motifs is 1. The molecule has 0 aliphatic carbocycles. The van der Waals surface area contributed by atoms with Crippen molar-refractivity contribution in [1.82, 2.24) is 25.5 Å². The molecule has 4 heterocycles. The van der Waals surface area contributed by atoms with Crippen LogP contribution in [0.4, 0.5) is 10.1 Å². The molecule has 29 heavy (non-hydrogen) atoms. The van der Waals surface area contributed by atoms with Gasteiger partial charge in [0.15, 0.2) is 0 Å². The fourth-order valence-electron chi connectivity index (χ4n) is 3.39. The Balaban J connectivity index is 1.50. The first-order valence-corrected chi connectivity index (χ1v) is 9.79. The van der Waals surface area contributed by atoms with E-state index < -0.39 is 0 Å². The number of hydrogen-bond acceptors (Lipinski definition) is 5.